The van der Waals surface area contributed by atoms with Gasteiger partial charge in [0.1, 0.15) is 5.75 Å². The van der Waals surface area contributed by atoms with Gasteiger partial charge < -0.3 is 15.4 Å². The van der Waals surface area contributed by atoms with Crippen molar-refractivity contribution in [2.45, 2.75) is 18.5 Å². The van der Waals surface area contributed by atoms with Crippen LogP contribution >= 0.6 is 0 Å². The van der Waals surface area contributed by atoms with Gasteiger partial charge >= 0.3 is 0 Å². The van der Waals surface area contributed by atoms with Gasteiger partial charge in [0, 0.05) is 24.6 Å². The number of ether oxygens (including phenoxy) is 1. The van der Waals surface area contributed by atoms with E-state index in [0.717, 1.165) is 23.4 Å². The Balaban J connectivity index is 1.33. The first-order valence-electron chi connectivity index (χ1n) is 9.44. The average molecular weight is 380 g/mol. The van der Waals surface area contributed by atoms with E-state index in [1.54, 1.807) is 13.2 Å². The van der Waals surface area contributed by atoms with Crippen molar-refractivity contribution in [1.82, 2.24) is 21.5 Å². The van der Waals surface area contributed by atoms with E-state index < -0.39 is 0 Å². The average Bonchev–Trinajstić information content (AvgIpc) is 3.32. The van der Waals surface area contributed by atoms with Crippen molar-refractivity contribution in [2.75, 3.05) is 20.2 Å². The third-order valence-corrected chi connectivity index (χ3v) is 5.41. The Morgan fingerprint density at radius 2 is 1.96 bits per heavy atom. The van der Waals surface area contributed by atoms with E-state index in [1.165, 1.54) is 0 Å². The predicted molar refractivity (Wildman–Crippen MR) is 105 cm³/mol. The highest BCUT2D eigenvalue weighted by Gasteiger charge is 2.31. The zero-order valence-corrected chi connectivity index (χ0v) is 15.7. The first kappa shape index (κ1) is 18.5. The van der Waals surface area contributed by atoms with Crippen LogP contribution in [-0.4, -0.2) is 32.0 Å². The third-order valence-electron chi connectivity index (χ3n) is 5.41. The molecule has 0 aliphatic carbocycles. The minimum Gasteiger partial charge on any atom is -0.497 e. The summed E-state index contributed by atoms with van der Waals surface area (Å²) in [5, 5.41) is 5.91. The van der Waals surface area contributed by atoms with Gasteiger partial charge in [0.2, 0.25) is 5.91 Å². The molecule has 7 heteroatoms. The van der Waals surface area contributed by atoms with Gasteiger partial charge in [-0.25, -0.2) is 5.43 Å². The molecule has 1 saturated heterocycles. The van der Waals surface area contributed by atoms with E-state index in [4.69, 9.17) is 4.74 Å². The summed E-state index contributed by atoms with van der Waals surface area (Å²) in [6.07, 6.45) is 0.240. The van der Waals surface area contributed by atoms with Crippen molar-refractivity contribution >= 4 is 11.8 Å². The summed E-state index contributed by atoms with van der Waals surface area (Å²) in [6, 6.07) is 15.2. The first-order chi connectivity index (χ1) is 13.7. The molecule has 4 N–H and O–H groups in total. The zero-order valence-electron chi connectivity index (χ0n) is 15.7. The highest BCUT2D eigenvalue weighted by Crippen LogP contribution is 2.28. The summed E-state index contributed by atoms with van der Waals surface area (Å²) in [5.74, 6) is 0.862. The number of amides is 2. The fourth-order valence-electron chi connectivity index (χ4n) is 3.88. The Hall–Kier alpha value is -2.90. The Bertz CT molecular complexity index is 868. The number of methoxy groups -OCH3 is 1. The quantitative estimate of drug-likeness (QED) is 0.609. The molecule has 2 aliphatic rings. The lowest BCUT2D eigenvalue weighted by Crippen LogP contribution is -2.34. The van der Waals surface area contributed by atoms with Gasteiger partial charge in [-0.15, -0.1) is 0 Å². The molecule has 0 radical (unpaired) electrons. The second kappa shape index (κ2) is 8.00. The van der Waals surface area contributed by atoms with Gasteiger partial charge in [-0.05, 0) is 29.3 Å². The van der Waals surface area contributed by atoms with Crippen molar-refractivity contribution in [3.8, 4) is 5.75 Å². The number of carbonyl (C=O) groups excluding carboxylic acids is 2. The molecule has 146 valence electrons. The maximum atomic E-state index is 12.5. The van der Waals surface area contributed by atoms with Gasteiger partial charge in [-0.1, -0.05) is 30.3 Å². The summed E-state index contributed by atoms with van der Waals surface area (Å²) >= 11 is 0. The molecule has 2 aliphatic heterocycles. The molecule has 3 atom stereocenters. The Morgan fingerprint density at radius 3 is 2.75 bits per heavy atom. The third kappa shape index (κ3) is 3.72. The molecular formula is C21H24N4O3. The van der Waals surface area contributed by atoms with Crippen LogP contribution in [0.5, 0.6) is 5.75 Å². The van der Waals surface area contributed by atoms with Gasteiger partial charge in [-0.2, -0.15) is 0 Å². The Kier molecular flexibility index (Phi) is 5.27. The Labute approximate surface area is 163 Å². The van der Waals surface area contributed by atoms with E-state index in [9.17, 15) is 9.59 Å². The molecule has 2 amide bonds. The van der Waals surface area contributed by atoms with Crippen molar-refractivity contribution in [3.05, 3.63) is 65.2 Å². The molecule has 2 aromatic carbocycles. The highest BCUT2D eigenvalue weighted by atomic mass is 16.5. The zero-order chi connectivity index (χ0) is 19.5. The van der Waals surface area contributed by atoms with Gasteiger partial charge in [0.15, 0.2) is 0 Å². The number of hydrogen-bond donors (Lipinski definition) is 4. The molecule has 2 aromatic rings. The Morgan fingerprint density at radius 1 is 1.18 bits per heavy atom. The minimum absolute atomic E-state index is 0.0672. The maximum absolute atomic E-state index is 12.5. The van der Waals surface area contributed by atoms with Crippen LogP contribution in [-0.2, 0) is 4.79 Å². The molecule has 0 spiro atoms. The van der Waals surface area contributed by atoms with Crippen molar-refractivity contribution < 1.29 is 14.3 Å². The lowest BCUT2D eigenvalue weighted by molar-refractivity contribution is -0.121. The minimum atomic E-state index is -0.263. The molecule has 3 unspecified atom stereocenters. The van der Waals surface area contributed by atoms with Crippen molar-refractivity contribution in [2.24, 2.45) is 5.92 Å². The maximum Gasteiger partial charge on any atom is 0.252 e. The van der Waals surface area contributed by atoms with Crippen LogP contribution in [0.15, 0.2) is 48.5 Å². The van der Waals surface area contributed by atoms with Crippen molar-refractivity contribution in [1.29, 1.82) is 0 Å². The summed E-state index contributed by atoms with van der Waals surface area (Å²) in [4.78, 5) is 24.5. The van der Waals surface area contributed by atoms with Gasteiger partial charge in [0.25, 0.3) is 5.91 Å². The van der Waals surface area contributed by atoms with Gasteiger partial charge in [0.05, 0.1) is 25.6 Å². The molecule has 28 heavy (non-hydrogen) atoms. The monoisotopic (exact) mass is 380 g/mol. The van der Waals surface area contributed by atoms with Gasteiger partial charge in [-0.3, -0.25) is 15.0 Å². The predicted octanol–water partition coefficient (Wildman–Crippen LogP) is 1.45. The summed E-state index contributed by atoms with van der Waals surface area (Å²) in [7, 11) is 1.65. The van der Waals surface area contributed by atoms with Crippen molar-refractivity contribution in [3.63, 3.8) is 0 Å². The SMILES string of the molecule is COc1ccc(C2NNCC2CNC(=O)CC2NC(=O)c3ccccc32)cc1. The number of carbonyl (C=O) groups is 2. The summed E-state index contributed by atoms with van der Waals surface area (Å²) in [6.45, 7) is 1.32. The molecular weight excluding hydrogens is 356 g/mol. The molecule has 0 bridgehead atoms. The number of hydrogen-bond acceptors (Lipinski definition) is 5. The number of nitrogens with one attached hydrogen (secondary N) is 4. The normalized spacial score (nSPS) is 23.2. The van der Waals surface area contributed by atoms with E-state index in [-0.39, 0.29) is 36.2 Å². The molecule has 2 heterocycles. The fourth-order valence-corrected chi connectivity index (χ4v) is 3.88. The lowest BCUT2D eigenvalue weighted by atomic mass is 9.94. The van der Waals surface area contributed by atoms with Crippen LogP contribution in [0.2, 0.25) is 0 Å². The van der Waals surface area contributed by atoms with Crippen LogP contribution < -0.4 is 26.2 Å². The summed E-state index contributed by atoms with van der Waals surface area (Å²) in [5.41, 5.74) is 9.14. The largest absolute Gasteiger partial charge is 0.497 e. The molecule has 1 fully saturated rings. The van der Waals surface area contributed by atoms with Crippen LogP contribution in [0.4, 0.5) is 0 Å². The molecule has 0 saturated carbocycles. The summed E-state index contributed by atoms with van der Waals surface area (Å²) < 4.78 is 5.21. The molecule has 7 nitrogen and oxygen atoms in total. The molecule has 0 aromatic heterocycles. The second-order valence-corrected chi connectivity index (χ2v) is 7.16. The van der Waals surface area contributed by atoms with E-state index >= 15 is 0 Å². The van der Waals surface area contributed by atoms with E-state index in [0.29, 0.717) is 12.1 Å². The number of rotatable bonds is 6. The van der Waals surface area contributed by atoms with Crippen LogP contribution in [0, 0.1) is 5.92 Å². The fraction of sp³-hybridized carbons (Fsp3) is 0.333. The topological polar surface area (TPSA) is 91.5 Å². The molecule has 4 rings (SSSR count). The highest BCUT2D eigenvalue weighted by molar-refractivity contribution is 5.99. The second-order valence-electron chi connectivity index (χ2n) is 7.16. The number of benzene rings is 2. The number of hydrazine groups is 1. The lowest BCUT2D eigenvalue weighted by Gasteiger charge is -2.20. The smallest absolute Gasteiger partial charge is 0.252 e. The standard InChI is InChI=1S/C21H24N4O3/c1-28-15-8-6-13(7-9-15)20-14(12-23-25-20)11-22-19(26)10-18-16-4-2-3-5-17(16)21(27)24-18/h2-9,14,18,20,23,25H,10-12H2,1H3,(H,22,26)(H,24,27). The van der Waals surface area contributed by atoms with Crippen LogP contribution in [0.25, 0.3) is 0 Å². The number of fused-ring (bicyclic) bond motifs is 1. The van der Waals surface area contributed by atoms with E-state index in [1.807, 2.05) is 42.5 Å². The van der Waals surface area contributed by atoms with Crippen LogP contribution in [0.1, 0.15) is 40.0 Å². The van der Waals surface area contributed by atoms with E-state index in [2.05, 4.69) is 21.5 Å². The van der Waals surface area contributed by atoms with Crippen LogP contribution in [0.3, 0.4) is 0 Å². The first-order valence-corrected chi connectivity index (χ1v) is 9.44.